The predicted molar refractivity (Wildman–Crippen MR) is 51.5 cm³/mol. The lowest BCUT2D eigenvalue weighted by molar-refractivity contribution is -0.183. The highest BCUT2D eigenvalue weighted by molar-refractivity contribution is 4.83. The minimum absolute atomic E-state index is 0.0345. The van der Waals surface area contributed by atoms with Gasteiger partial charge in [0.15, 0.2) is 0 Å². The van der Waals surface area contributed by atoms with Gasteiger partial charge in [-0.05, 0) is 26.2 Å². The molecule has 15 heavy (non-hydrogen) atoms. The van der Waals surface area contributed by atoms with Crippen molar-refractivity contribution in [3.8, 4) is 0 Å². The van der Waals surface area contributed by atoms with Gasteiger partial charge >= 0.3 is 6.18 Å². The molecule has 3 atom stereocenters. The van der Waals surface area contributed by atoms with E-state index in [1.54, 1.807) is 6.92 Å². The fourth-order valence-electron chi connectivity index (χ4n) is 2.09. The van der Waals surface area contributed by atoms with Gasteiger partial charge in [0.25, 0.3) is 0 Å². The first-order valence-corrected chi connectivity index (χ1v) is 5.37. The second-order valence-electron chi connectivity index (χ2n) is 4.35. The molecule has 5 heteroatoms. The second kappa shape index (κ2) is 5.16. The molecular formula is C10H18F3NO. The van der Waals surface area contributed by atoms with Crippen molar-refractivity contribution < 1.29 is 18.3 Å². The molecule has 0 aliphatic heterocycles. The molecule has 2 nitrogen and oxygen atoms in total. The van der Waals surface area contributed by atoms with Gasteiger partial charge < -0.3 is 10.4 Å². The van der Waals surface area contributed by atoms with E-state index in [0.29, 0.717) is 6.42 Å². The van der Waals surface area contributed by atoms with Gasteiger partial charge in [0.05, 0.1) is 12.5 Å². The standard InChI is InChI=1S/C10H18F3NO/c1-7(6-15)14-9-4-2-3-8(5-9)10(11,12)13/h7-9,14-15H,2-6H2,1H3/t7-,8?,9?/m1/s1. The van der Waals surface area contributed by atoms with Crippen molar-refractivity contribution in [2.75, 3.05) is 6.61 Å². The Labute approximate surface area is 87.9 Å². The first-order chi connectivity index (χ1) is 6.93. The maximum Gasteiger partial charge on any atom is 0.391 e. The Balaban J connectivity index is 2.42. The summed E-state index contributed by atoms with van der Waals surface area (Å²) >= 11 is 0. The number of hydrogen-bond donors (Lipinski definition) is 2. The lowest BCUT2D eigenvalue weighted by Gasteiger charge is -2.32. The smallest absolute Gasteiger partial charge is 0.391 e. The van der Waals surface area contributed by atoms with Gasteiger partial charge in [-0.25, -0.2) is 0 Å². The van der Waals surface area contributed by atoms with E-state index in [1.165, 1.54) is 0 Å². The van der Waals surface area contributed by atoms with Crippen LogP contribution in [0.15, 0.2) is 0 Å². The maximum absolute atomic E-state index is 12.5. The number of alkyl halides is 3. The summed E-state index contributed by atoms with van der Waals surface area (Å²) < 4.78 is 37.4. The van der Waals surface area contributed by atoms with E-state index in [4.69, 9.17) is 5.11 Å². The molecule has 0 aromatic carbocycles. The number of rotatable bonds is 3. The average molecular weight is 225 g/mol. The Bertz CT molecular complexity index is 196. The van der Waals surface area contributed by atoms with Gasteiger partial charge in [0.2, 0.25) is 0 Å². The van der Waals surface area contributed by atoms with E-state index in [2.05, 4.69) is 5.32 Å². The van der Waals surface area contributed by atoms with Crippen LogP contribution in [0, 0.1) is 5.92 Å². The summed E-state index contributed by atoms with van der Waals surface area (Å²) in [6, 6.07) is -0.227. The van der Waals surface area contributed by atoms with Crippen LogP contribution in [0.4, 0.5) is 13.2 Å². The zero-order valence-corrected chi connectivity index (χ0v) is 8.85. The molecule has 0 aromatic heterocycles. The molecule has 0 spiro atoms. The molecule has 0 bridgehead atoms. The number of nitrogens with one attached hydrogen (secondary N) is 1. The van der Waals surface area contributed by atoms with Crippen LogP contribution in [0.25, 0.3) is 0 Å². The van der Waals surface area contributed by atoms with Crippen LogP contribution in [0.2, 0.25) is 0 Å². The van der Waals surface area contributed by atoms with Gasteiger partial charge in [-0.1, -0.05) is 6.42 Å². The SMILES string of the molecule is C[C@H](CO)NC1CCCC(C(F)(F)F)C1. The van der Waals surface area contributed by atoms with E-state index < -0.39 is 12.1 Å². The monoisotopic (exact) mass is 225 g/mol. The highest BCUT2D eigenvalue weighted by atomic mass is 19.4. The largest absolute Gasteiger partial charge is 0.395 e. The van der Waals surface area contributed by atoms with Crippen molar-refractivity contribution in [1.29, 1.82) is 0 Å². The van der Waals surface area contributed by atoms with Crippen molar-refractivity contribution in [2.45, 2.75) is 50.9 Å². The van der Waals surface area contributed by atoms with E-state index in [-0.39, 0.29) is 31.5 Å². The molecule has 1 aliphatic rings. The molecule has 1 rings (SSSR count). The van der Waals surface area contributed by atoms with Crippen molar-refractivity contribution >= 4 is 0 Å². The van der Waals surface area contributed by atoms with Crippen LogP contribution in [-0.2, 0) is 0 Å². The van der Waals surface area contributed by atoms with Crippen molar-refractivity contribution in [1.82, 2.24) is 5.32 Å². The lowest BCUT2D eigenvalue weighted by Crippen LogP contribution is -2.43. The molecule has 2 N–H and O–H groups in total. The summed E-state index contributed by atoms with van der Waals surface area (Å²) in [6.45, 7) is 1.74. The van der Waals surface area contributed by atoms with Crippen LogP contribution >= 0.6 is 0 Å². The van der Waals surface area contributed by atoms with E-state index >= 15 is 0 Å². The summed E-state index contributed by atoms with van der Waals surface area (Å²) in [7, 11) is 0. The Morgan fingerprint density at radius 3 is 2.60 bits per heavy atom. The van der Waals surface area contributed by atoms with Gasteiger partial charge in [-0.15, -0.1) is 0 Å². The third-order valence-electron chi connectivity index (χ3n) is 2.93. The summed E-state index contributed by atoms with van der Waals surface area (Å²) in [5.41, 5.74) is 0. The molecular weight excluding hydrogens is 207 g/mol. The Morgan fingerprint density at radius 2 is 2.07 bits per heavy atom. The molecule has 0 aromatic rings. The average Bonchev–Trinajstić information content (AvgIpc) is 2.17. The number of hydrogen-bond acceptors (Lipinski definition) is 2. The zero-order valence-electron chi connectivity index (χ0n) is 8.85. The molecule has 1 aliphatic carbocycles. The number of halogens is 3. The van der Waals surface area contributed by atoms with Crippen LogP contribution in [0.3, 0.4) is 0 Å². The Kier molecular flexibility index (Phi) is 4.40. The first-order valence-electron chi connectivity index (χ1n) is 5.37. The fourth-order valence-corrected chi connectivity index (χ4v) is 2.09. The van der Waals surface area contributed by atoms with E-state index in [1.807, 2.05) is 0 Å². The molecule has 0 amide bonds. The Morgan fingerprint density at radius 1 is 1.40 bits per heavy atom. The van der Waals surface area contributed by atoms with Gasteiger partial charge in [-0.3, -0.25) is 0 Å². The molecule has 2 unspecified atom stereocenters. The topological polar surface area (TPSA) is 32.3 Å². The van der Waals surface area contributed by atoms with Crippen LogP contribution < -0.4 is 5.32 Å². The minimum atomic E-state index is -4.07. The summed E-state index contributed by atoms with van der Waals surface area (Å²) in [5.74, 6) is -1.17. The van der Waals surface area contributed by atoms with E-state index in [9.17, 15) is 13.2 Å². The van der Waals surface area contributed by atoms with Crippen molar-refractivity contribution in [3.05, 3.63) is 0 Å². The minimum Gasteiger partial charge on any atom is -0.395 e. The molecule has 0 saturated heterocycles. The highest BCUT2D eigenvalue weighted by Crippen LogP contribution is 2.37. The van der Waals surface area contributed by atoms with Crippen LogP contribution in [0.5, 0.6) is 0 Å². The predicted octanol–water partition coefficient (Wildman–Crippen LogP) is 2.08. The third kappa shape index (κ3) is 3.99. The normalized spacial score (nSPS) is 30.2. The van der Waals surface area contributed by atoms with Crippen LogP contribution in [0.1, 0.15) is 32.6 Å². The van der Waals surface area contributed by atoms with Gasteiger partial charge in [0.1, 0.15) is 0 Å². The zero-order chi connectivity index (χ0) is 11.5. The van der Waals surface area contributed by atoms with Gasteiger partial charge in [0, 0.05) is 12.1 Å². The van der Waals surface area contributed by atoms with Crippen molar-refractivity contribution in [2.24, 2.45) is 5.92 Å². The number of aliphatic hydroxyl groups is 1. The third-order valence-corrected chi connectivity index (χ3v) is 2.93. The molecule has 0 heterocycles. The Hall–Kier alpha value is -0.290. The summed E-state index contributed by atoms with van der Waals surface area (Å²) in [4.78, 5) is 0. The first kappa shape index (κ1) is 12.8. The lowest BCUT2D eigenvalue weighted by atomic mass is 9.85. The van der Waals surface area contributed by atoms with Gasteiger partial charge in [-0.2, -0.15) is 13.2 Å². The fraction of sp³-hybridized carbons (Fsp3) is 1.00. The molecule has 1 saturated carbocycles. The molecule has 1 fully saturated rings. The van der Waals surface area contributed by atoms with Crippen LogP contribution in [-0.4, -0.2) is 30.0 Å². The molecule has 0 radical (unpaired) electrons. The number of aliphatic hydroxyl groups excluding tert-OH is 1. The summed E-state index contributed by atoms with van der Waals surface area (Å²) in [6.07, 6.45) is -2.29. The van der Waals surface area contributed by atoms with E-state index in [0.717, 1.165) is 6.42 Å². The second-order valence-corrected chi connectivity index (χ2v) is 4.35. The highest BCUT2D eigenvalue weighted by Gasteiger charge is 2.42. The maximum atomic E-state index is 12.5. The van der Waals surface area contributed by atoms with Crippen molar-refractivity contribution in [3.63, 3.8) is 0 Å². The summed E-state index contributed by atoms with van der Waals surface area (Å²) in [5, 5.41) is 11.8. The quantitative estimate of drug-likeness (QED) is 0.770. The molecule has 90 valence electrons.